The number of para-hydroxylation sites is 2. The number of nitrogens with zero attached hydrogens (tertiary/aromatic N) is 4. The smallest absolute Gasteiger partial charge is 0.257 e. The minimum Gasteiger partial charge on any atom is -0.497 e. The van der Waals surface area contributed by atoms with Gasteiger partial charge in [-0.25, -0.2) is 14.4 Å². The number of benzene rings is 3. The van der Waals surface area contributed by atoms with E-state index in [2.05, 4.69) is 20.4 Å². The molecule has 3 aromatic carbocycles. The molecule has 9 heteroatoms. The van der Waals surface area contributed by atoms with Crippen LogP contribution in [-0.2, 0) is 6.54 Å². The number of amides is 1. The molecule has 1 amide bonds. The second-order valence-corrected chi connectivity index (χ2v) is 7.78. The van der Waals surface area contributed by atoms with Crippen molar-refractivity contribution < 1.29 is 13.9 Å². The van der Waals surface area contributed by atoms with Crippen molar-refractivity contribution >= 4 is 40.1 Å². The third-order valence-corrected chi connectivity index (χ3v) is 5.51. The fraction of sp³-hybridized carbons (Fsp3) is 0.0769. The summed E-state index contributed by atoms with van der Waals surface area (Å²) in [7, 11) is 1.60. The molecule has 0 saturated carbocycles. The van der Waals surface area contributed by atoms with E-state index in [9.17, 15) is 9.18 Å². The van der Waals surface area contributed by atoms with E-state index in [0.717, 1.165) is 11.3 Å². The molecule has 0 fully saturated rings. The Morgan fingerprint density at radius 3 is 2.43 bits per heavy atom. The van der Waals surface area contributed by atoms with E-state index in [4.69, 9.17) is 10.5 Å². The lowest BCUT2D eigenvalue weighted by Crippen LogP contribution is -2.23. The first-order valence-corrected chi connectivity index (χ1v) is 10.8. The quantitative estimate of drug-likeness (QED) is 0.365. The number of methoxy groups -OCH3 is 1. The van der Waals surface area contributed by atoms with E-state index in [0.29, 0.717) is 27.8 Å². The molecule has 0 saturated heterocycles. The number of fused-ring (bicyclic) bond motifs is 2. The van der Waals surface area contributed by atoms with E-state index >= 15 is 0 Å². The van der Waals surface area contributed by atoms with Crippen LogP contribution in [0.15, 0.2) is 77.9 Å². The fourth-order valence-electron chi connectivity index (χ4n) is 3.68. The van der Waals surface area contributed by atoms with Crippen LogP contribution in [0.4, 0.5) is 10.2 Å². The molecule has 2 aromatic heterocycles. The molecule has 35 heavy (non-hydrogen) atoms. The Bertz CT molecular complexity index is 1560. The summed E-state index contributed by atoms with van der Waals surface area (Å²) in [6, 6.07) is 20.6. The van der Waals surface area contributed by atoms with Gasteiger partial charge >= 0.3 is 0 Å². The Kier molecular flexibility index (Phi) is 5.80. The van der Waals surface area contributed by atoms with Gasteiger partial charge in [0, 0.05) is 6.54 Å². The van der Waals surface area contributed by atoms with Crippen LogP contribution >= 0.6 is 0 Å². The van der Waals surface area contributed by atoms with Crippen LogP contribution in [0.3, 0.4) is 0 Å². The number of nitrogens with one attached hydrogen (secondary N) is 1. The van der Waals surface area contributed by atoms with Gasteiger partial charge in [-0.1, -0.05) is 36.4 Å². The molecule has 0 aliphatic carbocycles. The van der Waals surface area contributed by atoms with Gasteiger partial charge in [-0.05, 0) is 47.5 Å². The number of hydrogen-bond acceptors (Lipinski definition) is 6. The monoisotopic (exact) mass is 468 g/mol. The van der Waals surface area contributed by atoms with E-state index in [1.165, 1.54) is 23.0 Å². The van der Waals surface area contributed by atoms with Gasteiger partial charge in [0.2, 0.25) is 0 Å². The van der Waals surface area contributed by atoms with Gasteiger partial charge in [0.05, 0.1) is 24.4 Å². The average molecular weight is 468 g/mol. The fourth-order valence-corrected chi connectivity index (χ4v) is 3.68. The Balaban J connectivity index is 1.55. The first-order valence-electron chi connectivity index (χ1n) is 10.8. The second-order valence-electron chi connectivity index (χ2n) is 7.78. The summed E-state index contributed by atoms with van der Waals surface area (Å²) in [6.45, 7) is 0.287. The van der Waals surface area contributed by atoms with Gasteiger partial charge in [-0.2, -0.15) is 9.78 Å². The molecule has 0 aliphatic rings. The zero-order valence-corrected chi connectivity index (χ0v) is 18.8. The summed E-state index contributed by atoms with van der Waals surface area (Å²) in [5, 5.41) is 7.32. The van der Waals surface area contributed by atoms with E-state index in [1.54, 1.807) is 19.2 Å². The van der Waals surface area contributed by atoms with Gasteiger partial charge in [0.15, 0.2) is 5.65 Å². The number of halogens is 1. The highest BCUT2D eigenvalue weighted by molar-refractivity contribution is 6.10. The molecule has 2 heterocycles. The lowest BCUT2D eigenvalue weighted by Gasteiger charge is -2.06. The summed E-state index contributed by atoms with van der Waals surface area (Å²) in [5.41, 5.74) is 10.1. The first kappa shape index (κ1) is 22.0. The number of nitrogen functional groups attached to an aromatic ring is 1. The van der Waals surface area contributed by atoms with E-state index in [1.807, 2.05) is 48.5 Å². The van der Waals surface area contributed by atoms with Gasteiger partial charge in [0.1, 0.15) is 28.5 Å². The predicted molar refractivity (Wildman–Crippen MR) is 133 cm³/mol. The van der Waals surface area contributed by atoms with Gasteiger partial charge < -0.3 is 15.8 Å². The number of aromatic nitrogens is 3. The van der Waals surface area contributed by atoms with E-state index < -0.39 is 5.91 Å². The normalized spacial score (nSPS) is 11.4. The minimum absolute atomic E-state index is 0.0981. The summed E-state index contributed by atoms with van der Waals surface area (Å²) in [6.07, 6.45) is 1.52. The molecule has 0 bridgehead atoms. The Labute approximate surface area is 199 Å². The topological polar surface area (TPSA) is 107 Å². The van der Waals surface area contributed by atoms with Crippen molar-refractivity contribution in [3.05, 3.63) is 95.3 Å². The first-order chi connectivity index (χ1) is 17.0. The average Bonchev–Trinajstić information content (AvgIpc) is 3.15. The zero-order valence-electron chi connectivity index (χ0n) is 18.8. The Morgan fingerprint density at radius 1 is 1.06 bits per heavy atom. The molecule has 3 N–H and O–H groups in total. The summed E-state index contributed by atoms with van der Waals surface area (Å²) >= 11 is 0. The Morgan fingerprint density at radius 2 is 1.74 bits per heavy atom. The number of rotatable bonds is 6. The molecular formula is C26H21FN6O2. The molecule has 174 valence electrons. The number of hydrogen-bond donors (Lipinski definition) is 2. The van der Waals surface area contributed by atoms with Crippen molar-refractivity contribution in [1.82, 2.24) is 20.0 Å². The maximum absolute atomic E-state index is 13.3. The van der Waals surface area contributed by atoms with Crippen molar-refractivity contribution in [1.29, 1.82) is 0 Å². The van der Waals surface area contributed by atoms with Crippen LogP contribution in [0.25, 0.3) is 22.2 Å². The molecule has 0 radical (unpaired) electrons. The summed E-state index contributed by atoms with van der Waals surface area (Å²) in [4.78, 5) is 22.6. The number of carbonyl (C=O) groups excluding carboxylic acids is 1. The minimum atomic E-state index is -0.399. The van der Waals surface area contributed by atoms with Crippen LogP contribution in [0, 0.1) is 5.82 Å². The lowest BCUT2D eigenvalue weighted by atomic mass is 10.2. The van der Waals surface area contributed by atoms with E-state index in [-0.39, 0.29) is 23.7 Å². The SMILES string of the molecule is COc1ccc(CNC(=O)c2c(N)n(N=Cc3ccc(F)cc3)c3nc4ccccc4nc23)cc1. The van der Waals surface area contributed by atoms with Crippen LogP contribution in [0.1, 0.15) is 21.5 Å². The molecule has 0 atom stereocenters. The van der Waals surface area contributed by atoms with Crippen LogP contribution < -0.4 is 15.8 Å². The molecule has 0 aliphatic heterocycles. The van der Waals surface area contributed by atoms with Gasteiger partial charge in [-0.3, -0.25) is 4.79 Å². The maximum Gasteiger partial charge on any atom is 0.257 e. The molecular weight excluding hydrogens is 447 g/mol. The third kappa shape index (κ3) is 4.39. The second kappa shape index (κ2) is 9.22. The van der Waals surface area contributed by atoms with Crippen LogP contribution in [0.5, 0.6) is 5.75 Å². The number of carbonyl (C=O) groups is 1. The standard InChI is InChI=1S/C26H21FN6O2/c1-35-19-12-8-16(9-13-19)14-29-26(34)22-23-25(32-21-5-3-2-4-20(21)31-23)33(24(22)28)30-15-17-6-10-18(27)11-7-17/h2-13,15H,14,28H2,1H3,(H,29,34). The summed E-state index contributed by atoms with van der Waals surface area (Å²) < 4.78 is 19.8. The zero-order chi connectivity index (χ0) is 24.4. The largest absolute Gasteiger partial charge is 0.497 e. The predicted octanol–water partition coefficient (Wildman–Crippen LogP) is 4.13. The van der Waals surface area contributed by atoms with Crippen LogP contribution in [-0.4, -0.2) is 33.9 Å². The molecule has 8 nitrogen and oxygen atoms in total. The van der Waals surface area contributed by atoms with Gasteiger partial charge in [0.25, 0.3) is 5.91 Å². The van der Waals surface area contributed by atoms with Crippen molar-refractivity contribution in [2.75, 3.05) is 12.8 Å². The number of ether oxygens (including phenoxy) is 1. The highest BCUT2D eigenvalue weighted by atomic mass is 19.1. The molecule has 5 aromatic rings. The summed E-state index contributed by atoms with van der Waals surface area (Å²) in [5.74, 6) is 0.0827. The van der Waals surface area contributed by atoms with Crippen molar-refractivity contribution in [3.63, 3.8) is 0 Å². The van der Waals surface area contributed by atoms with Crippen molar-refractivity contribution in [2.45, 2.75) is 6.54 Å². The van der Waals surface area contributed by atoms with Gasteiger partial charge in [-0.15, -0.1) is 0 Å². The Hall–Kier alpha value is -4.79. The lowest BCUT2D eigenvalue weighted by molar-refractivity contribution is 0.0953. The van der Waals surface area contributed by atoms with Crippen molar-refractivity contribution in [2.24, 2.45) is 5.10 Å². The third-order valence-electron chi connectivity index (χ3n) is 5.51. The number of nitrogens with two attached hydrogens (primary N) is 1. The maximum atomic E-state index is 13.3. The van der Waals surface area contributed by atoms with Crippen LogP contribution in [0.2, 0.25) is 0 Å². The van der Waals surface area contributed by atoms with Crippen molar-refractivity contribution in [3.8, 4) is 5.75 Å². The molecule has 0 spiro atoms. The number of anilines is 1. The highest BCUT2D eigenvalue weighted by Crippen LogP contribution is 2.28. The highest BCUT2D eigenvalue weighted by Gasteiger charge is 2.24. The molecule has 5 rings (SSSR count). The molecule has 0 unspecified atom stereocenters.